The second-order valence-corrected chi connectivity index (χ2v) is 3.51. The van der Waals surface area contributed by atoms with E-state index < -0.39 is 0 Å². The first-order chi connectivity index (χ1) is 8.27. The molecule has 0 aliphatic heterocycles. The number of nitriles is 1. The van der Waals surface area contributed by atoms with Crippen LogP contribution in [0.25, 0.3) is 0 Å². The number of rotatable bonds is 7. The SMILES string of the molecule is COCCCOCC(=O)c1ccc(C#N)cc1. The van der Waals surface area contributed by atoms with E-state index in [1.165, 1.54) is 0 Å². The molecule has 0 fully saturated rings. The van der Waals surface area contributed by atoms with E-state index in [1.807, 2.05) is 6.07 Å². The Balaban J connectivity index is 2.34. The molecule has 0 unspecified atom stereocenters. The van der Waals surface area contributed by atoms with E-state index in [4.69, 9.17) is 14.7 Å². The summed E-state index contributed by atoms with van der Waals surface area (Å²) in [7, 11) is 1.63. The smallest absolute Gasteiger partial charge is 0.188 e. The number of carbonyl (C=O) groups excluding carboxylic acids is 1. The van der Waals surface area contributed by atoms with E-state index in [0.717, 1.165) is 6.42 Å². The Bertz CT molecular complexity index is 392. The molecule has 0 aliphatic rings. The lowest BCUT2D eigenvalue weighted by Gasteiger charge is -2.03. The lowest BCUT2D eigenvalue weighted by Crippen LogP contribution is -2.10. The zero-order valence-electron chi connectivity index (χ0n) is 9.81. The number of hydrogen-bond acceptors (Lipinski definition) is 4. The second-order valence-electron chi connectivity index (χ2n) is 3.51. The molecule has 0 spiro atoms. The van der Waals surface area contributed by atoms with E-state index in [9.17, 15) is 4.79 Å². The van der Waals surface area contributed by atoms with Crippen molar-refractivity contribution >= 4 is 5.78 Å². The summed E-state index contributed by atoms with van der Waals surface area (Å²) in [4.78, 5) is 11.6. The van der Waals surface area contributed by atoms with Gasteiger partial charge in [-0.1, -0.05) is 12.1 Å². The highest BCUT2D eigenvalue weighted by Gasteiger charge is 2.05. The van der Waals surface area contributed by atoms with Crippen molar-refractivity contribution in [2.75, 3.05) is 26.9 Å². The van der Waals surface area contributed by atoms with E-state index >= 15 is 0 Å². The fraction of sp³-hybridized carbons (Fsp3) is 0.385. The minimum absolute atomic E-state index is 0.0651. The molecule has 0 saturated carbocycles. The zero-order valence-corrected chi connectivity index (χ0v) is 9.81. The Morgan fingerprint density at radius 3 is 2.59 bits per heavy atom. The molecule has 0 aliphatic carbocycles. The lowest BCUT2D eigenvalue weighted by molar-refractivity contribution is 0.0705. The number of ketones is 1. The van der Waals surface area contributed by atoms with Crippen LogP contribution in [-0.2, 0) is 9.47 Å². The Labute approximate surface area is 101 Å². The molecular weight excluding hydrogens is 218 g/mol. The largest absolute Gasteiger partial charge is 0.385 e. The third kappa shape index (κ3) is 4.77. The van der Waals surface area contributed by atoms with Crippen LogP contribution in [0.3, 0.4) is 0 Å². The predicted octanol–water partition coefficient (Wildman–Crippen LogP) is 1.79. The molecule has 0 radical (unpaired) electrons. The van der Waals surface area contributed by atoms with Crippen molar-refractivity contribution in [1.29, 1.82) is 5.26 Å². The molecule has 0 atom stereocenters. The summed E-state index contributed by atoms with van der Waals surface area (Å²) in [6, 6.07) is 8.53. The molecule has 0 N–H and O–H groups in total. The highest BCUT2D eigenvalue weighted by atomic mass is 16.5. The van der Waals surface area contributed by atoms with E-state index in [0.29, 0.717) is 24.3 Å². The number of carbonyl (C=O) groups is 1. The number of nitrogens with zero attached hydrogens (tertiary/aromatic N) is 1. The lowest BCUT2D eigenvalue weighted by atomic mass is 10.1. The molecule has 1 aromatic carbocycles. The minimum Gasteiger partial charge on any atom is -0.385 e. The molecule has 17 heavy (non-hydrogen) atoms. The van der Waals surface area contributed by atoms with Gasteiger partial charge in [0, 0.05) is 25.9 Å². The summed E-state index contributed by atoms with van der Waals surface area (Å²) in [5.74, 6) is -0.0769. The summed E-state index contributed by atoms with van der Waals surface area (Å²) in [6.45, 7) is 1.20. The summed E-state index contributed by atoms with van der Waals surface area (Å²) in [5, 5.41) is 8.62. The van der Waals surface area contributed by atoms with Crippen LogP contribution in [-0.4, -0.2) is 32.7 Å². The highest BCUT2D eigenvalue weighted by molar-refractivity contribution is 5.97. The number of hydrogen-bond donors (Lipinski definition) is 0. The molecule has 0 saturated heterocycles. The molecule has 4 nitrogen and oxygen atoms in total. The van der Waals surface area contributed by atoms with Gasteiger partial charge in [-0.25, -0.2) is 0 Å². The third-order valence-electron chi connectivity index (χ3n) is 2.21. The topological polar surface area (TPSA) is 59.3 Å². The van der Waals surface area contributed by atoms with E-state index in [1.54, 1.807) is 31.4 Å². The average molecular weight is 233 g/mol. The van der Waals surface area contributed by atoms with Crippen molar-refractivity contribution in [3.8, 4) is 6.07 Å². The van der Waals surface area contributed by atoms with Crippen LogP contribution in [0.4, 0.5) is 0 Å². The van der Waals surface area contributed by atoms with Crippen molar-refractivity contribution in [2.45, 2.75) is 6.42 Å². The molecule has 4 heteroatoms. The predicted molar refractivity (Wildman–Crippen MR) is 62.8 cm³/mol. The van der Waals surface area contributed by atoms with E-state index in [-0.39, 0.29) is 12.4 Å². The Morgan fingerprint density at radius 1 is 1.29 bits per heavy atom. The van der Waals surface area contributed by atoms with Gasteiger partial charge in [0.1, 0.15) is 6.61 Å². The van der Waals surface area contributed by atoms with Crippen LogP contribution in [0, 0.1) is 11.3 Å². The maximum absolute atomic E-state index is 11.6. The van der Waals surface area contributed by atoms with Crippen LogP contribution in [0.1, 0.15) is 22.3 Å². The summed E-state index contributed by atoms with van der Waals surface area (Å²) < 4.78 is 10.1. The van der Waals surface area contributed by atoms with Crippen molar-refractivity contribution < 1.29 is 14.3 Å². The van der Waals surface area contributed by atoms with Gasteiger partial charge in [0.05, 0.1) is 11.6 Å². The maximum Gasteiger partial charge on any atom is 0.188 e. The van der Waals surface area contributed by atoms with Crippen LogP contribution < -0.4 is 0 Å². The zero-order chi connectivity index (χ0) is 12.5. The first-order valence-corrected chi connectivity index (χ1v) is 5.38. The standard InChI is InChI=1S/C13H15NO3/c1-16-7-2-8-17-10-13(15)12-5-3-11(9-14)4-6-12/h3-6H,2,7-8,10H2,1H3. The van der Waals surface area contributed by atoms with Gasteiger partial charge >= 0.3 is 0 Å². The van der Waals surface area contributed by atoms with Gasteiger partial charge in [-0.05, 0) is 18.6 Å². The monoisotopic (exact) mass is 233 g/mol. The Kier molecular flexibility index (Phi) is 5.94. The first kappa shape index (κ1) is 13.4. The van der Waals surface area contributed by atoms with Crippen LogP contribution in [0.15, 0.2) is 24.3 Å². The van der Waals surface area contributed by atoms with Gasteiger partial charge in [-0.3, -0.25) is 4.79 Å². The number of methoxy groups -OCH3 is 1. The molecule has 0 amide bonds. The molecule has 0 bridgehead atoms. The van der Waals surface area contributed by atoms with E-state index in [2.05, 4.69) is 0 Å². The highest BCUT2D eigenvalue weighted by Crippen LogP contribution is 2.04. The van der Waals surface area contributed by atoms with Crippen molar-refractivity contribution in [3.63, 3.8) is 0 Å². The molecular formula is C13H15NO3. The summed E-state index contributed by atoms with van der Waals surface area (Å²) in [5.41, 5.74) is 1.11. The normalized spacial score (nSPS) is 9.88. The number of ether oxygens (including phenoxy) is 2. The van der Waals surface area contributed by atoms with Crippen LogP contribution >= 0.6 is 0 Å². The fourth-order valence-corrected chi connectivity index (χ4v) is 1.28. The number of Topliss-reactive ketones (excluding diaryl/α,β-unsaturated/α-hetero) is 1. The van der Waals surface area contributed by atoms with Gasteiger partial charge in [0.25, 0.3) is 0 Å². The summed E-state index contributed by atoms with van der Waals surface area (Å²) >= 11 is 0. The number of benzene rings is 1. The molecule has 0 aromatic heterocycles. The second kappa shape index (κ2) is 7.55. The third-order valence-corrected chi connectivity index (χ3v) is 2.21. The Morgan fingerprint density at radius 2 is 2.00 bits per heavy atom. The maximum atomic E-state index is 11.6. The van der Waals surface area contributed by atoms with Gasteiger partial charge in [0.2, 0.25) is 0 Å². The van der Waals surface area contributed by atoms with Crippen molar-refractivity contribution in [2.24, 2.45) is 0 Å². The van der Waals surface area contributed by atoms with Crippen LogP contribution in [0.2, 0.25) is 0 Å². The molecule has 90 valence electrons. The fourth-order valence-electron chi connectivity index (χ4n) is 1.28. The molecule has 1 aromatic rings. The average Bonchev–Trinajstić information content (AvgIpc) is 2.38. The van der Waals surface area contributed by atoms with Gasteiger partial charge < -0.3 is 9.47 Å². The Hall–Kier alpha value is -1.70. The first-order valence-electron chi connectivity index (χ1n) is 5.38. The molecule has 0 heterocycles. The molecule has 1 rings (SSSR count). The van der Waals surface area contributed by atoms with Crippen molar-refractivity contribution in [3.05, 3.63) is 35.4 Å². The van der Waals surface area contributed by atoms with Gasteiger partial charge in [-0.2, -0.15) is 5.26 Å². The van der Waals surface area contributed by atoms with Gasteiger partial charge in [0.15, 0.2) is 5.78 Å². The van der Waals surface area contributed by atoms with Crippen LogP contribution in [0.5, 0.6) is 0 Å². The quantitative estimate of drug-likeness (QED) is 0.532. The van der Waals surface area contributed by atoms with Crippen molar-refractivity contribution in [1.82, 2.24) is 0 Å². The van der Waals surface area contributed by atoms with Gasteiger partial charge in [-0.15, -0.1) is 0 Å². The summed E-state index contributed by atoms with van der Waals surface area (Å²) in [6.07, 6.45) is 0.775. The minimum atomic E-state index is -0.0769.